The van der Waals surface area contributed by atoms with Crippen LogP contribution in [0.3, 0.4) is 0 Å². The number of thiophene rings is 1. The summed E-state index contributed by atoms with van der Waals surface area (Å²) in [4.78, 5) is 1.39. The van der Waals surface area contributed by atoms with Crippen LogP contribution in [0.1, 0.15) is 34.9 Å². The van der Waals surface area contributed by atoms with Crippen molar-refractivity contribution in [2.75, 3.05) is 0 Å². The van der Waals surface area contributed by atoms with Crippen LogP contribution in [0.4, 0.5) is 0 Å². The van der Waals surface area contributed by atoms with Gasteiger partial charge in [0, 0.05) is 23.5 Å². The van der Waals surface area contributed by atoms with Gasteiger partial charge in [-0.05, 0) is 37.8 Å². The van der Waals surface area contributed by atoms with Crippen molar-refractivity contribution in [1.82, 2.24) is 10.5 Å². The molecular weight excluding hydrogens is 220 g/mol. The Morgan fingerprint density at radius 2 is 2.31 bits per heavy atom. The molecular formula is C12H16N2OS. The minimum Gasteiger partial charge on any atom is -0.361 e. The zero-order valence-corrected chi connectivity index (χ0v) is 10.6. The first kappa shape index (κ1) is 11.4. The largest absolute Gasteiger partial charge is 0.361 e. The van der Waals surface area contributed by atoms with E-state index in [0.717, 1.165) is 18.0 Å². The predicted molar refractivity (Wildman–Crippen MR) is 65.6 cm³/mol. The number of aryl methyl sites for hydroxylation is 2. The van der Waals surface area contributed by atoms with Gasteiger partial charge in [-0.15, -0.1) is 11.3 Å². The summed E-state index contributed by atoms with van der Waals surface area (Å²) in [7, 11) is 0. The topological polar surface area (TPSA) is 38.1 Å². The SMILES string of the molecule is Cc1cc(CNC(C)c2sccc2C)no1. The van der Waals surface area contributed by atoms with E-state index >= 15 is 0 Å². The molecule has 2 heterocycles. The Bertz CT molecular complexity index is 461. The number of hydrogen-bond acceptors (Lipinski definition) is 4. The first-order chi connectivity index (χ1) is 7.66. The molecule has 1 unspecified atom stereocenters. The lowest BCUT2D eigenvalue weighted by molar-refractivity contribution is 0.386. The third-order valence-electron chi connectivity index (χ3n) is 2.56. The van der Waals surface area contributed by atoms with Crippen LogP contribution in [0.15, 0.2) is 22.0 Å². The minimum absolute atomic E-state index is 0.358. The van der Waals surface area contributed by atoms with Crippen molar-refractivity contribution in [2.24, 2.45) is 0 Å². The van der Waals surface area contributed by atoms with Gasteiger partial charge in [0.15, 0.2) is 0 Å². The Morgan fingerprint density at radius 1 is 1.50 bits per heavy atom. The van der Waals surface area contributed by atoms with Crippen molar-refractivity contribution in [3.05, 3.63) is 39.4 Å². The van der Waals surface area contributed by atoms with E-state index in [1.54, 1.807) is 11.3 Å². The van der Waals surface area contributed by atoms with E-state index in [9.17, 15) is 0 Å². The minimum atomic E-state index is 0.358. The van der Waals surface area contributed by atoms with Gasteiger partial charge in [-0.2, -0.15) is 0 Å². The van der Waals surface area contributed by atoms with E-state index in [0.29, 0.717) is 6.04 Å². The third kappa shape index (κ3) is 2.51. The molecule has 0 saturated carbocycles. The van der Waals surface area contributed by atoms with Crippen LogP contribution >= 0.6 is 11.3 Å². The normalized spacial score (nSPS) is 12.9. The Morgan fingerprint density at radius 3 is 2.88 bits per heavy atom. The predicted octanol–water partition coefficient (Wildman–Crippen LogP) is 3.20. The molecule has 0 aliphatic rings. The molecule has 1 atom stereocenters. The molecule has 0 aliphatic carbocycles. The van der Waals surface area contributed by atoms with E-state index in [-0.39, 0.29) is 0 Å². The van der Waals surface area contributed by atoms with Crippen LogP contribution in [0.5, 0.6) is 0 Å². The molecule has 0 aliphatic heterocycles. The molecule has 0 fully saturated rings. The van der Waals surface area contributed by atoms with Crippen molar-refractivity contribution in [2.45, 2.75) is 33.4 Å². The smallest absolute Gasteiger partial charge is 0.133 e. The fraction of sp³-hybridized carbons (Fsp3) is 0.417. The van der Waals surface area contributed by atoms with Crippen molar-refractivity contribution in [3.8, 4) is 0 Å². The van der Waals surface area contributed by atoms with Gasteiger partial charge in [0.25, 0.3) is 0 Å². The molecule has 0 bridgehead atoms. The maximum Gasteiger partial charge on any atom is 0.133 e. The zero-order valence-electron chi connectivity index (χ0n) is 9.78. The lowest BCUT2D eigenvalue weighted by atomic mass is 10.2. The summed E-state index contributed by atoms with van der Waals surface area (Å²) in [6.07, 6.45) is 0. The fourth-order valence-electron chi connectivity index (χ4n) is 1.68. The molecule has 2 aromatic heterocycles. The molecule has 1 N–H and O–H groups in total. The maximum atomic E-state index is 5.02. The van der Waals surface area contributed by atoms with Gasteiger partial charge in [-0.25, -0.2) is 0 Å². The standard InChI is InChI=1S/C12H16N2OS/c1-8-4-5-16-12(8)10(3)13-7-11-6-9(2)15-14-11/h4-6,10,13H,7H2,1-3H3. The van der Waals surface area contributed by atoms with Crippen LogP contribution in [0, 0.1) is 13.8 Å². The van der Waals surface area contributed by atoms with Crippen LogP contribution in [0.2, 0.25) is 0 Å². The summed E-state index contributed by atoms with van der Waals surface area (Å²) in [5, 5.41) is 9.53. The first-order valence-corrected chi connectivity index (χ1v) is 6.24. The Balaban J connectivity index is 1.93. The molecule has 2 aromatic rings. The van der Waals surface area contributed by atoms with Crippen molar-refractivity contribution in [1.29, 1.82) is 0 Å². The summed E-state index contributed by atoms with van der Waals surface area (Å²) in [5.41, 5.74) is 2.31. The van der Waals surface area contributed by atoms with E-state index in [4.69, 9.17) is 4.52 Å². The van der Waals surface area contributed by atoms with E-state index < -0.39 is 0 Å². The maximum absolute atomic E-state index is 5.02. The fourth-order valence-corrected chi connectivity index (χ4v) is 2.64. The summed E-state index contributed by atoms with van der Waals surface area (Å²) in [6.45, 7) is 6.97. The summed E-state index contributed by atoms with van der Waals surface area (Å²) in [5.74, 6) is 0.858. The highest BCUT2D eigenvalue weighted by Crippen LogP contribution is 2.23. The van der Waals surface area contributed by atoms with Crippen molar-refractivity contribution in [3.63, 3.8) is 0 Å². The van der Waals surface area contributed by atoms with Crippen LogP contribution in [-0.2, 0) is 6.54 Å². The molecule has 86 valence electrons. The van der Waals surface area contributed by atoms with Crippen LogP contribution < -0.4 is 5.32 Å². The molecule has 0 amide bonds. The lowest BCUT2D eigenvalue weighted by Gasteiger charge is -2.11. The highest BCUT2D eigenvalue weighted by molar-refractivity contribution is 7.10. The third-order valence-corrected chi connectivity index (χ3v) is 3.76. The molecule has 0 aromatic carbocycles. The van der Waals surface area contributed by atoms with Gasteiger partial charge in [0.1, 0.15) is 5.76 Å². The molecule has 2 rings (SSSR count). The van der Waals surface area contributed by atoms with Gasteiger partial charge in [0.2, 0.25) is 0 Å². The number of aromatic nitrogens is 1. The average Bonchev–Trinajstić information content (AvgIpc) is 2.84. The number of nitrogens with zero attached hydrogens (tertiary/aromatic N) is 1. The monoisotopic (exact) mass is 236 g/mol. The summed E-state index contributed by atoms with van der Waals surface area (Å²) < 4.78 is 5.02. The highest BCUT2D eigenvalue weighted by Gasteiger charge is 2.10. The molecule has 4 heteroatoms. The highest BCUT2D eigenvalue weighted by atomic mass is 32.1. The number of hydrogen-bond donors (Lipinski definition) is 1. The summed E-state index contributed by atoms with van der Waals surface area (Å²) in [6, 6.07) is 4.47. The summed E-state index contributed by atoms with van der Waals surface area (Å²) >= 11 is 1.79. The van der Waals surface area contributed by atoms with E-state index in [2.05, 4.69) is 35.8 Å². The molecule has 3 nitrogen and oxygen atoms in total. The first-order valence-electron chi connectivity index (χ1n) is 5.36. The molecule has 16 heavy (non-hydrogen) atoms. The quantitative estimate of drug-likeness (QED) is 0.885. The zero-order chi connectivity index (χ0) is 11.5. The Labute approximate surface area is 99.5 Å². The second kappa shape index (κ2) is 4.80. The number of nitrogens with one attached hydrogen (secondary N) is 1. The lowest BCUT2D eigenvalue weighted by Crippen LogP contribution is -2.17. The van der Waals surface area contributed by atoms with Gasteiger partial charge in [0.05, 0.1) is 5.69 Å². The van der Waals surface area contributed by atoms with Gasteiger partial charge < -0.3 is 9.84 Å². The van der Waals surface area contributed by atoms with Gasteiger partial charge in [-0.1, -0.05) is 5.16 Å². The Hall–Kier alpha value is -1.13. The molecule has 0 spiro atoms. The molecule has 0 saturated heterocycles. The van der Waals surface area contributed by atoms with Crippen LogP contribution in [0.25, 0.3) is 0 Å². The molecule has 0 radical (unpaired) electrons. The van der Waals surface area contributed by atoms with Gasteiger partial charge in [-0.3, -0.25) is 0 Å². The van der Waals surface area contributed by atoms with E-state index in [1.165, 1.54) is 10.4 Å². The van der Waals surface area contributed by atoms with Gasteiger partial charge >= 0.3 is 0 Å². The second-order valence-corrected chi connectivity index (χ2v) is 4.95. The van der Waals surface area contributed by atoms with Crippen molar-refractivity contribution < 1.29 is 4.52 Å². The second-order valence-electron chi connectivity index (χ2n) is 4.00. The average molecular weight is 236 g/mol. The van der Waals surface area contributed by atoms with E-state index in [1.807, 2.05) is 13.0 Å². The number of rotatable bonds is 4. The van der Waals surface area contributed by atoms with Crippen LogP contribution in [-0.4, -0.2) is 5.16 Å². The van der Waals surface area contributed by atoms with Crippen molar-refractivity contribution >= 4 is 11.3 Å². The Kier molecular flexibility index (Phi) is 3.41.